The minimum absolute atomic E-state index is 1.05. The van der Waals surface area contributed by atoms with Crippen LogP contribution in [0.25, 0.3) is 17.0 Å². The fourth-order valence-electron chi connectivity index (χ4n) is 1.51. The average molecular weight is 172 g/mol. The molecule has 0 aliphatic heterocycles. The molecular formula is C11H12N2. The number of aryl methyl sites for hydroxylation is 1. The van der Waals surface area contributed by atoms with Crippen LogP contribution in [0.15, 0.2) is 30.5 Å². The second-order valence-corrected chi connectivity index (χ2v) is 3.08. The van der Waals surface area contributed by atoms with E-state index in [4.69, 9.17) is 0 Å². The van der Waals surface area contributed by atoms with Gasteiger partial charge >= 0.3 is 0 Å². The number of hydrogen-bond donors (Lipinski definition) is 0. The molecule has 0 unspecified atom stereocenters. The van der Waals surface area contributed by atoms with Gasteiger partial charge < -0.3 is 0 Å². The van der Waals surface area contributed by atoms with E-state index in [0.717, 1.165) is 5.52 Å². The number of nitrogens with zero attached hydrogens (tertiary/aromatic N) is 2. The van der Waals surface area contributed by atoms with Crippen LogP contribution in [0.1, 0.15) is 12.5 Å². The highest BCUT2D eigenvalue weighted by atomic mass is 15.2. The molecule has 2 nitrogen and oxygen atoms in total. The molecule has 2 heteroatoms. The maximum absolute atomic E-state index is 4.34. The Labute approximate surface area is 77.5 Å². The van der Waals surface area contributed by atoms with Gasteiger partial charge in [-0.05, 0) is 18.6 Å². The molecule has 2 rings (SSSR count). The standard InChI is InChI=1S/C11H12N2/c1-3-5-9-6-4-7-11-10(9)8-13(2)12-11/h3-8H,1-2H3. The molecule has 0 amide bonds. The number of fused-ring (bicyclic) bond motifs is 1. The second kappa shape index (κ2) is 3.05. The predicted molar refractivity (Wildman–Crippen MR) is 55.4 cm³/mol. The molecule has 2 aromatic rings. The summed E-state index contributed by atoms with van der Waals surface area (Å²) in [6.45, 7) is 2.02. The zero-order valence-corrected chi connectivity index (χ0v) is 7.86. The Bertz CT molecular complexity index is 452. The summed E-state index contributed by atoms with van der Waals surface area (Å²) >= 11 is 0. The highest BCUT2D eigenvalue weighted by molar-refractivity contribution is 5.87. The highest BCUT2D eigenvalue weighted by Gasteiger charge is 2.00. The summed E-state index contributed by atoms with van der Waals surface area (Å²) in [4.78, 5) is 0. The van der Waals surface area contributed by atoms with Crippen molar-refractivity contribution in [3.63, 3.8) is 0 Å². The average Bonchev–Trinajstić information content (AvgIpc) is 2.47. The summed E-state index contributed by atoms with van der Waals surface area (Å²) in [6.07, 6.45) is 6.19. The van der Waals surface area contributed by atoms with E-state index in [2.05, 4.69) is 17.2 Å². The third-order valence-corrected chi connectivity index (χ3v) is 2.04. The highest BCUT2D eigenvalue weighted by Crippen LogP contribution is 2.17. The van der Waals surface area contributed by atoms with E-state index in [1.807, 2.05) is 43.1 Å². The number of aromatic nitrogens is 2. The first-order chi connectivity index (χ1) is 6.31. The molecule has 0 saturated carbocycles. The third kappa shape index (κ3) is 1.35. The number of rotatable bonds is 1. The van der Waals surface area contributed by atoms with Gasteiger partial charge in [-0.3, -0.25) is 4.68 Å². The smallest absolute Gasteiger partial charge is 0.0929 e. The maximum Gasteiger partial charge on any atom is 0.0929 e. The zero-order valence-electron chi connectivity index (χ0n) is 7.86. The summed E-state index contributed by atoms with van der Waals surface area (Å²) < 4.78 is 1.84. The van der Waals surface area contributed by atoms with Gasteiger partial charge in [0.25, 0.3) is 0 Å². The van der Waals surface area contributed by atoms with Crippen molar-refractivity contribution in [3.8, 4) is 0 Å². The van der Waals surface area contributed by atoms with E-state index < -0.39 is 0 Å². The van der Waals surface area contributed by atoms with Gasteiger partial charge in [-0.25, -0.2) is 0 Å². The van der Waals surface area contributed by atoms with E-state index in [0.29, 0.717) is 0 Å². The van der Waals surface area contributed by atoms with Gasteiger partial charge in [0.05, 0.1) is 5.52 Å². The minimum Gasteiger partial charge on any atom is -0.275 e. The van der Waals surface area contributed by atoms with Crippen molar-refractivity contribution in [2.45, 2.75) is 6.92 Å². The van der Waals surface area contributed by atoms with Gasteiger partial charge in [0, 0.05) is 18.6 Å². The minimum atomic E-state index is 1.05. The van der Waals surface area contributed by atoms with Crippen LogP contribution in [0.3, 0.4) is 0 Å². The summed E-state index contributed by atoms with van der Waals surface area (Å²) in [6, 6.07) is 6.16. The zero-order chi connectivity index (χ0) is 9.26. The van der Waals surface area contributed by atoms with Crippen molar-refractivity contribution in [3.05, 3.63) is 36.0 Å². The molecule has 66 valence electrons. The van der Waals surface area contributed by atoms with Crippen molar-refractivity contribution in [2.75, 3.05) is 0 Å². The third-order valence-electron chi connectivity index (χ3n) is 2.04. The van der Waals surface area contributed by atoms with E-state index >= 15 is 0 Å². The van der Waals surface area contributed by atoms with E-state index in [1.165, 1.54) is 10.9 Å². The molecule has 0 aliphatic carbocycles. The van der Waals surface area contributed by atoms with Crippen LogP contribution in [0.4, 0.5) is 0 Å². The quantitative estimate of drug-likeness (QED) is 0.646. The Kier molecular flexibility index (Phi) is 1.89. The topological polar surface area (TPSA) is 17.8 Å². The van der Waals surface area contributed by atoms with Crippen molar-refractivity contribution in [1.82, 2.24) is 9.78 Å². The molecule has 1 aromatic carbocycles. The first kappa shape index (κ1) is 8.05. The van der Waals surface area contributed by atoms with Crippen LogP contribution in [0.2, 0.25) is 0 Å². The number of allylic oxidation sites excluding steroid dienone is 1. The maximum atomic E-state index is 4.34. The molecule has 0 atom stereocenters. The van der Waals surface area contributed by atoms with Crippen molar-refractivity contribution in [2.24, 2.45) is 7.05 Å². The molecular weight excluding hydrogens is 160 g/mol. The fraction of sp³-hybridized carbons (Fsp3) is 0.182. The second-order valence-electron chi connectivity index (χ2n) is 3.08. The van der Waals surface area contributed by atoms with Gasteiger partial charge in [0.1, 0.15) is 0 Å². The molecule has 0 fully saturated rings. The Hall–Kier alpha value is -1.57. The predicted octanol–water partition coefficient (Wildman–Crippen LogP) is 2.61. The lowest BCUT2D eigenvalue weighted by atomic mass is 10.1. The largest absolute Gasteiger partial charge is 0.275 e. The van der Waals surface area contributed by atoms with Crippen LogP contribution < -0.4 is 0 Å². The number of hydrogen-bond acceptors (Lipinski definition) is 1. The van der Waals surface area contributed by atoms with Crippen LogP contribution in [-0.4, -0.2) is 9.78 Å². The Morgan fingerprint density at radius 2 is 2.23 bits per heavy atom. The van der Waals surface area contributed by atoms with Gasteiger partial charge in [0.2, 0.25) is 0 Å². The molecule has 1 heterocycles. The van der Waals surface area contributed by atoms with E-state index in [1.54, 1.807) is 0 Å². The normalized spacial score (nSPS) is 11.5. The summed E-state index contributed by atoms with van der Waals surface area (Å²) in [5.41, 5.74) is 2.28. The molecule has 0 bridgehead atoms. The molecule has 0 N–H and O–H groups in total. The Balaban J connectivity index is 2.74. The van der Waals surface area contributed by atoms with Crippen LogP contribution in [-0.2, 0) is 7.05 Å². The molecule has 13 heavy (non-hydrogen) atoms. The Morgan fingerprint density at radius 1 is 1.38 bits per heavy atom. The first-order valence-corrected chi connectivity index (χ1v) is 4.36. The molecule has 0 aliphatic rings. The Morgan fingerprint density at radius 3 is 3.00 bits per heavy atom. The monoisotopic (exact) mass is 172 g/mol. The SMILES string of the molecule is CC=Cc1cccc2nn(C)cc12. The van der Waals surface area contributed by atoms with Crippen LogP contribution >= 0.6 is 0 Å². The summed E-state index contributed by atoms with van der Waals surface area (Å²) in [7, 11) is 1.94. The van der Waals surface area contributed by atoms with Crippen LogP contribution in [0, 0.1) is 0 Å². The first-order valence-electron chi connectivity index (χ1n) is 4.36. The van der Waals surface area contributed by atoms with Crippen molar-refractivity contribution < 1.29 is 0 Å². The van der Waals surface area contributed by atoms with Gasteiger partial charge in [-0.15, -0.1) is 0 Å². The fourth-order valence-corrected chi connectivity index (χ4v) is 1.51. The van der Waals surface area contributed by atoms with Gasteiger partial charge in [0.15, 0.2) is 0 Å². The summed E-state index contributed by atoms with van der Waals surface area (Å²) in [5, 5.41) is 5.55. The molecule has 0 saturated heterocycles. The molecule has 0 radical (unpaired) electrons. The van der Waals surface area contributed by atoms with E-state index in [-0.39, 0.29) is 0 Å². The van der Waals surface area contributed by atoms with E-state index in [9.17, 15) is 0 Å². The lowest BCUT2D eigenvalue weighted by Crippen LogP contribution is -1.84. The van der Waals surface area contributed by atoms with Gasteiger partial charge in [-0.1, -0.05) is 24.3 Å². The molecule has 0 spiro atoms. The number of benzene rings is 1. The van der Waals surface area contributed by atoms with Crippen molar-refractivity contribution >= 4 is 17.0 Å². The van der Waals surface area contributed by atoms with Crippen LogP contribution in [0.5, 0.6) is 0 Å². The summed E-state index contributed by atoms with van der Waals surface area (Å²) in [5.74, 6) is 0. The molecule has 1 aromatic heterocycles. The van der Waals surface area contributed by atoms with Crippen molar-refractivity contribution in [1.29, 1.82) is 0 Å². The van der Waals surface area contributed by atoms with Gasteiger partial charge in [-0.2, -0.15) is 5.10 Å². The lowest BCUT2D eigenvalue weighted by Gasteiger charge is -1.92. The lowest BCUT2D eigenvalue weighted by molar-refractivity contribution is 0.780.